The standard InChI is InChI=1S/C7H4BrF3IO/c8-5-2-1-3-6(4-5)12-13-7(9,10)11/h1-4H/q-1. The molecule has 1 rings (SSSR count). The molecule has 0 heterocycles. The summed E-state index contributed by atoms with van der Waals surface area (Å²) in [5.74, 6) is 0. The second-order valence-corrected chi connectivity index (χ2v) is 5.08. The van der Waals surface area contributed by atoms with E-state index in [1.54, 1.807) is 24.3 Å². The van der Waals surface area contributed by atoms with Gasteiger partial charge in [-0.3, -0.25) is 0 Å². The van der Waals surface area contributed by atoms with Gasteiger partial charge in [0.25, 0.3) is 0 Å². The summed E-state index contributed by atoms with van der Waals surface area (Å²) in [5, 5.41) is 0. The Morgan fingerprint density at radius 1 is 1.31 bits per heavy atom. The fourth-order valence-corrected chi connectivity index (χ4v) is 2.74. The Morgan fingerprint density at radius 3 is 2.54 bits per heavy atom. The molecule has 0 aliphatic carbocycles. The molecule has 13 heavy (non-hydrogen) atoms. The van der Waals surface area contributed by atoms with Crippen LogP contribution in [0.15, 0.2) is 28.7 Å². The summed E-state index contributed by atoms with van der Waals surface area (Å²) in [6.45, 7) is 0. The first-order valence-corrected chi connectivity index (χ1v) is 5.88. The van der Waals surface area contributed by atoms with Crippen molar-refractivity contribution >= 4 is 15.9 Å². The molecule has 0 saturated heterocycles. The third-order valence-electron chi connectivity index (χ3n) is 1.00. The average molecular weight is 368 g/mol. The fourth-order valence-electron chi connectivity index (χ4n) is 0.596. The summed E-state index contributed by atoms with van der Waals surface area (Å²) >= 11 is 1.73. The van der Waals surface area contributed by atoms with Crippen molar-refractivity contribution in [3.8, 4) is 0 Å². The van der Waals surface area contributed by atoms with Crippen molar-refractivity contribution < 1.29 is 37.9 Å². The van der Waals surface area contributed by atoms with Crippen LogP contribution in [0.3, 0.4) is 0 Å². The van der Waals surface area contributed by atoms with Gasteiger partial charge in [-0.15, -0.1) is 0 Å². The Balaban J connectivity index is 2.55. The summed E-state index contributed by atoms with van der Waals surface area (Å²) in [6, 6.07) is 6.67. The molecule has 0 radical (unpaired) electrons. The molecule has 0 fully saturated rings. The van der Waals surface area contributed by atoms with E-state index in [4.69, 9.17) is 0 Å². The quantitative estimate of drug-likeness (QED) is 0.677. The molecule has 6 heteroatoms. The summed E-state index contributed by atoms with van der Waals surface area (Å²) < 4.78 is 40.0. The van der Waals surface area contributed by atoms with E-state index in [0.717, 1.165) is 4.47 Å². The Labute approximate surface area is 92.2 Å². The van der Waals surface area contributed by atoms with Crippen LogP contribution in [0.25, 0.3) is 0 Å². The van der Waals surface area contributed by atoms with Gasteiger partial charge < -0.3 is 0 Å². The molecular weight excluding hydrogens is 364 g/mol. The van der Waals surface area contributed by atoms with Gasteiger partial charge in [-0.2, -0.15) is 0 Å². The van der Waals surface area contributed by atoms with E-state index >= 15 is 0 Å². The maximum atomic E-state index is 11.6. The molecule has 0 atom stereocenters. The van der Waals surface area contributed by atoms with E-state index in [1.807, 2.05) is 0 Å². The zero-order chi connectivity index (χ0) is 9.90. The Hall–Kier alpha value is 0.180. The Bertz CT molecular complexity index is 289. The van der Waals surface area contributed by atoms with Gasteiger partial charge in [-0.25, -0.2) is 0 Å². The molecular formula is C7H4BrF3IO-. The number of hydrogen-bond donors (Lipinski definition) is 0. The predicted molar refractivity (Wildman–Crippen MR) is 40.0 cm³/mol. The predicted octanol–water partition coefficient (Wildman–Crippen LogP) is 0.159. The van der Waals surface area contributed by atoms with Crippen LogP contribution < -0.4 is 21.6 Å². The van der Waals surface area contributed by atoms with E-state index in [1.165, 1.54) is 0 Å². The summed E-state index contributed by atoms with van der Waals surface area (Å²) in [5.41, 5.74) is 0. The van der Waals surface area contributed by atoms with Gasteiger partial charge in [-0.05, 0) is 0 Å². The van der Waals surface area contributed by atoms with Gasteiger partial charge in [0.1, 0.15) is 0 Å². The first kappa shape index (κ1) is 11.3. The van der Waals surface area contributed by atoms with Gasteiger partial charge in [0.2, 0.25) is 0 Å². The molecule has 0 aromatic heterocycles. The van der Waals surface area contributed by atoms with Crippen molar-refractivity contribution in [2.75, 3.05) is 0 Å². The van der Waals surface area contributed by atoms with E-state index in [9.17, 15) is 13.2 Å². The minimum absolute atomic E-state index is 0.588. The van der Waals surface area contributed by atoms with Gasteiger partial charge >= 0.3 is 92.5 Å². The number of halogens is 5. The zero-order valence-electron chi connectivity index (χ0n) is 6.11. The van der Waals surface area contributed by atoms with Crippen molar-refractivity contribution in [1.82, 2.24) is 0 Å². The van der Waals surface area contributed by atoms with Crippen molar-refractivity contribution in [1.29, 1.82) is 0 Å². The van der Waals surface area contributed by atoms with Crippen LogP contribution in [-0.4, -0.2) is 6.36 Å². The molecule has 1 nitrogen and oxygen atoms in total. The number of rotatable bonds is 2. The molecule has 0 aliphatic heterocycles. The number of alkyl halides is 3. The Kier molecular flexibility index (Phi) is 3.99. The van der Waals surface area contributed by atoms with E-state index < -0.39 is 28.0 Å². The average Bonchev–Trinajstić information content (AvgIpc) is 2.00. The van der Waals surface area contributed by atoms with Gasteiger partial charge in [0.15, 0.2) is 0 Å². The SMILES string of the molecule is FC(F)(F)O[I-]c1cccc(Br)c1. The Morgan fingerprint density at radius 2 is 2.00 bits per heavy atom. The van der Waals surface area contributed by atoms with Crippen LogP contribution in [0.5, 0.6) is 0 Å². The molecule has 0 bridgehead atoms. The first-order valence-electron chi connectivity index (χ1n) is 3.12. The van der Waals surface area contributed by atoms with Crippen LogP contribution in [-0.2, 0) is 3.07 Å². The van der Waals surface area contributed by atoms with Crippen molar-refractivity contribution in [3.05, 3.63) is 32.3 Å². The van der Waals surface area contributed by atoms with Crippen LogP contribution in [0.2, 0.25) is 0 Å². The van der Waals surface area contributed by atoms with Crippen LogP contribution in [0.4, 0.5) is 13.2 Å². The fraction of sp³-hybridized carbons (Fsp3) is 0.143. The van der Waals surface area contributed by atoms with Crippen LogP contribution in [0, 0.1) is 3.57 Å². The summed E-state index contributed by atoms with van der Waals surface area (Å²) in [6.07, 6.45) is -4.52. The molecule has 1 aromatic carbocycles. The number of benzene rings is 1. The summed E-state index contributed by atoms with van der Waals surface area (Å²) in [4.78, 5) is 0. The molecule has 0 unspecified atom stereocenters. The second-order valence-electron chi connectivity index (χ2n) is 2.04. The normalized spacial score (nSPS) is 12.0. The molecule has 1 aromatic rings. The number of hydrogen-bond acceptors (Lipinski definition) is 1. The van der Waals surface area contributed by atoms with E-state index in [2.05, 4.69) is 19.0 Å². The van der Waals surface area contributed by atoms with E-state index in [0.29, 0.717) is 3.57 Å². The van der Waals surface area contributed by atoms with Gasteiger partial charge in [0, 0.05) is 0 Å². The molecule has 0 amide bonds. The molecule has 0 N–H and O–H groups in total. The zero-order valence-corrected chi connectivity index (χ0v) is 9.85. The summed E-state index contributed by atoms with van der Waals surface area (Å²) in [7, 11) is 0. The van der Waals surface area contributed by atoms with Gasteiger partial charge in [0.05, 0.1) is 0 Å². The molecule has 0 saturated carbocycles. The topological polar surface area (TPSA) is 9.23 Å². The third-order valence-corrected chi connectivity index (χ3v) is 3.39. The molecule has 0 spiro atoms. The first-order chi connectivity index (χ1) is 5.97. The van der Waals surface area contributed by atoms with E-state index in [-0.39, 0.29) is 0 Å². The van der Waals surface area contributed by atoms with Crippen molar-refractivity contribution in [2.24, 2.45) is 0 Å². The van der Waals surface area contributed by atoms with Gasteiger partial charge in [-0.1, -0.05) is 0 Å². The third kappa shape index (κ3) is 4.82. The van der Waals surface area contributed by atoms with Crippen molar-refractivity contribution in [2.45, 2.75) is 6.36 Å². The molecule has 74 valence electrons. The second kappa shape index (κ2) is 4.61. The monoisotopic (exact) mass is 367 g/mol. The molecule has 0 aliphatic rings. The van der Waals surface area contributed by atoms with Crippen LogP contribution in [0.1, 0.15) is 0 Å². The maximum absolute atomic E-state index is 11.6. The van der Waals surface area contributed by atoms with Crippen LogP contribution >= 0.6 is 15.9 Å². The van der Waals surface area contributed by atoms with Crippen molar-refractivity contribution in [3.63, 3.8) is 0 Å². The minimum atomic E-state index is -4.52.